The Morgan fingerprint density at radius 2 is 1.86 bits per heavy atom. The van der Waals surface area contributed by atoms with Gasteiger partial charge in [-0.2, -0.15) is 0 Å². The smallest absolute Gasteiger partial charge is 0.231 e. The Morgan fingerprint density at radius 1 is 1.29 bits per heavy atom. The molecule has 0 fully saturated rings. The summed E-state index contributed by atoms with van der Waals surface area (Å²) in [7, 11) is 0. The molecule has 4 heteroatoms. The number of carbonyl (C=O) groups is 1. The molecule has 0 N–H and O–H groups in total. The molecule has 0 amide bonds. The zero-order chi connectivity index (χ0) is 10.9. The molecule has 0 radical (unpaired) electrons. The topological polar surface area (TPSA) is 17.1 Å². The highest BCUT2D eigenvalue weighted by molar-refractivity contribution is 6.65. The molecule has 0 heterocycles. The van der Waals surface area contributed by atoms with Gasteiger partial charge in [0.15, 0.2) is 0 Å². The Bertz CT molecular complexity index is 372. The minimum Gasteiger partial charge on any atom is -0.280 e. The third-order valence-electron chi connectivity index (χ3n) is 2.10. The summed E-state index contributed by atoms with van der Waals surface area (Å²) in [6.45, 7) is 3.44. The maximum absolute atomic E-state index is 11.2. The second-order valence-corrected chi connectivity index (χ2v) is 4.71. The van der Waals surface area contributed by atoms with Crippen molar-refractivity contribution in [1.29, 1.82) is 0 Å². The van der Waals surface area contributed by atoms with Gasteiger partial charge in [0.25, 0.3) is 0 Å². The highest BCUT2D eigenvalue weighted by Gasteiger charge is 2.30. The van der Waals surface area contributed by atoms with Gasteiger partial charge in [-0.1, -0.05) is 29.3 Å². The van der Waals surface area contributed by atoms with Crippen LogP contribution in [-0.2, 0) is 10.2 Å². The zero-order valence-corrected chi connectivity index (χ0v) is 10.0. The lowest BCUT2D eigenvalue weighted by atomic mass is 9.86. The van der Waals surface area contributed by atoms with Crippen LogP contribution in [0.2, 0.25) is 10.0 Å². The van der Waals surface area contributed by atoms with Crippen LogP contribution in [0.25, 0.3) is 0 Å². The fraction of sp³-hybridized carbons (Fsp3) is 0.300. The van der Waals surface area contributed by atoms with E-state index in [4.69, 9.17) is 34.8 Å². The Hall–Kier alpha value is -0.240. The summed E-state index contributed by atoms with van der Waals surface area (Å²) in [6.07, 6.45) is 0. The summed E-state index contributed by atoms with van der Waals surface area (Å²) in [5.41, 5.74) is -0.105. The normalized spacial score (nSPS) is 11.5. The average molecular weight is 252 g/mol. The molecule has 0 bridgehead atoms. The second-order valence-electron chi connectivity index (χ2n) is 3.52. The van der Waals surface area contributed by atoms with Gasteiger partial charge in [-0.25, -0.2) is 0 Å². The van der Waals surface area contributed by atoms with Gasteiger partial charge in [0.1, 0.15) is 0 Å². The fourth-order valence-corrected chi connectivity index (χ4v) is 1.85. The van der Waals surface area contributed by atoms with Gasteiger partial charge in [0.05, 0.1) is 5.41 Å². The SMILES string of the molecule is CC(C)(C(=O)Cl)c1ccc(Cl)cc1Cl. The van der Waals surface area contributed by atoms with Crippen LogP contribution in [0.5, 0.6) is 0 Å². The van der Waals surface area contributed by atoms with E-state index in [1.807, 2.05) is 0 Å². The van der Waals surface area contributed by atoms with Crippen LogP contribution >= 0.6 is 34.8 Å². The van der Waals surface area contributed by atoms with E-state index in [-0.39, 0.29) is 0 Å². The lowest BCUT2D eigenvalue weighted by Crippen LogP contribution is -2.25. The molecule has 0 aliphatic rings. The summed E-state index contributed by atoms with van der Waals surface area (Å²) in [5.74, 6) is 0. The van der Waals surface area contributed by atoms with E-state index in [1.165, 1.54) is 0 Å². The Labute approximate surface area is 98.0 Å². The Morgan fingerprint density at radius 3 is 2.29 bits per heavy atom. The minimum absolute atomic E-state index is 0.443. The fourth-order valence-electron chi connectivity index (χ4n) is 1.10. The first-order chi connectivity index (χ1) is 6.35. The molecule has 0 aromatic heterocycles. The van der Waals surface area contributed by atoms with Crippen molar-refractivity contribution in [3.63, 3.8) is 0 Å². The first kappa shape index (κ1) is 11.8. The summed E-state index contributed by atoms with van der Waals surface area (Å²) >= 11 is 17.2. The first-order valence-electron chi connectivity index (χ1n) is 4.01. The van der Waals surface area contributed by atoms with Crippen molar-refractivity contribution in [2.24, 2.45) is 0 Å². The summed E-state index contributed by atoms with van der Waals surface area (Å²) < 4.78 is 0. The van der Waals surface area contributed by atoms with Gasteiger partial charge in [-0.15, -0.1) is 0 Å². The van der Waals surface area contributed by atoms with E-state index >= 15 is 0 Å². The highest BCUT2D eigenvalue weighted by atomic mass is 35.5. The number of halogens is 3. The molecular formula is C10H9Cl3O. The number of benzene rings is 1. The summed E-state index contributed by atoms with van der Waals surface area (Å²) in [5, 5.41) is 0.551. The predicted octanol–water partition coefficient (Wildman–Crippen LogP) is 4.04. The third kappa shape index (κ3) is 2.22. The van der Waals surface area contributed by atoms with E-state index in [9.17, 15) is 4.79 Å². The molecule has 0 atom stereocenters. The van der Waals surface area contributed by atoms with Crippen molar-refractivity contribution < 1.29 is 4.79 Å². The van der Waals surface area contributed by atoms with E-state index in [2.05, 4.69) is 0 Å². The lowest BCUT2D eigenvalue weighted by Gasteiger charge is -2.21. The number of hydrogen-bond acceptors (Lipinski definition) is 1. The van der Waals surface area contributed by atoms with Gasteiger partial charge >= 0.3 is 0 Å². The van der Waals surface area contributed by atoms with Gasteiger partial charge in [-0.3, -0.25) is 4.79 Å². The van der Waals surface area contributed by atoms with Crippen LogP contribution < -0.4 is 0 Å². The van der Waals surface area contributed by atoms with Crippen LogP contribution in [0, 0.1) is 0 Å². The average Bonchev–Trinajstić information content (AvgIpc) is 2.02. The van der Waals surface area contributed by atoms with Crippen LogP contribution in [0.4, 0.5) is 0 Å². The second kappa shape index (κ2) is 4.09. The molecule has 1 aromatic rings. The Kier molecular flexibility index (Phi) is 3.46. The minimum atomic E-state index is -0.788. The van der Waals surface area contributed by atoms with Gasteiger partial charge in [0.2, 0.25) is 5.24 Å². The Balaban J connectivity index is 3.26. The van der Waals surface area contributed by atoms with Crippen LogP contribution in [-0.4, -0.2) is 5.24 Å². The molecule has 1 aromatic carbocycles. The number of hydrogen-bond donors (Lipinski definition) is 0. The maximum Gasteiger partial charge on any atom is 0.231 e. The molecule has 14 heavy (non-hydrogen) atoms. The lowest BCUT2D eigenvalue weighted by molar-refractivity contribution is -0.115. The standard InChI is InChI=1S/C10H9Cl3O/c1-10(2,9(13)14)7-4-3-6(11)5-8(7)12/h3-5H,1-2H3. The molecule has 0 saturated carbocycles. The molecule has 1 rings (SSSR count). The van der Waals surface area contributed by atoms with Crippen molar-refractivity contribution in [3.8, 4) is 0 Å². The van der Waals surface area contributed by atoms with E-state index < -0.39 is 10.7 Å². The molecule has 76 valence electrons. The van der Waals surface area contributed by atoms with E-state index in [0.29, 0.717) is 15.6 Å². The first-order valence-corrected chi connectivity index (χ1v) is 5.14. The monoisotopic (exact) mass is 250 g/mol. The largest absolute Gasteiger partial charge is 0.280 e. The highest BCUT2D eigenvalue weighted by Crippen LogP contribution is 2.33. The summed E-state index contributed by atoms with van der Waals surface area (Å²) in [4.78, 5) is 11.2. The van der Waals surface area contributed by atoms with Gasteiger partial charge in [-0.05, 0) is 43.1 Å². The predicted molar refractivity (Wildman–Crippen MR) is 60.3 cm³/mol. The molecular weight excluding hydrogens is 242 g/mol. The molecule has 0 aliphatic heterocycles. The van der Waals surface area contributed by atoms with Crippen molar-refractivity contribution in [1.82, 2.24) is 0 Å². The van der Waals surface area contributed by atoms with Crippen LogP contribution in [0.1, 0.15) is 19.4 Å². The number of carbonyl (C=O) groups excluding carboxylic acids is 1. The van der Waals surface area contributed by atoms with E-state index in [0.717, 1.165) is 0 Å². The zero-order valence-electron chi connectivity index (χ0n) is 7.77. The molecule has 1 nitrogen and oxygen atoms in total. The maximum atomic E-state index is 11.2. The third-order valence-corrected chi connectivity index (χ3v) is 3.12. The molecule has 0 aliphatic carbocycles. The molecule has 0 spiro atoms. The quantitative estimate of drug-likeness (QED) is 0.725. The van der Waals surface area contributed by atoms with E-state index in [1.54, 1.807) is 32.0 Å². The van der Waals surface area contributed by atoms with Crippen LogP contribution in [0.3, 0.4) is 0 Å². The summed E-state index contributed by atoms with van der Waals surface area (Å²) in [6, 6.07) is 5.00. The van der Waals surface area contributed by atoms with Gasteiger partial charge < -0.3 is 0 Å². The van der Waals surface area contributed by atoms with Crippen molar-refractivity contribution in [3.05, 3.63) is 33.8 Å². The van der Waals surface area contributed by atoms with Crippen molar-refractivity contribution >= 4 is 40.0 Å². The van der Waals surface area contributed by atoms with Crippen molar-refractivity contribution in [2.45, 2.75) is 19.3 Å². The van der Waals surface area contributed by atoms with Gasteiger partial charge in [0, 0.05) is 10.0 Å². The number of rotatable bonds is 2. The van der Waals surface area contributed by atoms with Crippen LogP contribution in [0.15, 0.2) is 18.2 Å². The van der Waals surface area contributed by atoms with Crippen molar-refractivity contribution in [2.75, 3.05) is 0 Å². The molecule has 0 saturated heterocycles. The molecule has 0 unspecified atom stereocenters.